The first-order valence-corrected chi connectivity index (χ1v) is 5.08. The van der Waals surface area contributed by atoms with Crippen LogP contribution in [0.15, 0.2) is 6.07 Å². The number of anilines is 1. The van der Waals surface area contributed by atoms with Crippen LogP contribution in [0.4, 0.5) is 5.82 Å². The van der Waals surface area contributed by atoms with Gasteiger partial charge in [-0.05, 0) is 13.8 Å². The maximum Gasteiger partial charge on any atom is 0.218 e. The van der Waals surface area contributed by atoms with E-state index in [1.165, 1.54) is 0 Å². The highest BCUT2D eigenvalue weighted by molar-refractivity contribution is 6.18. The van der Waals surface area contributed by atoms with Crippen LogP contribution < -0.4 is 10.1 Å². The number of nitrogens with zero attached hydrogens (tertiary/aromatic N) is 2. The summed E-state index contributed by atoms with van der Waals surface area (Å²) in [6.07, 6.45) is 0. The molecule has 4 nitrogen and oxygen atoms in total. The van der Waals surface area contributed by atoms with Gasteiger partial charge >= 0.3 is 0 Å². The highest BCUT2D eigenvalue weighted by Crippen LogP contribution is 2.12. The fraction of sp³-hybridized carbons (Fsp3) is 0.556. The summed E-state index contributed by atoms with van der Waals surface area (Å²) in [5.41, 5.74) is 0. The molecule has 0 spiro atoms. The highest BCUT2D eigenvalue weighted by Gasteiger charge is 2.01. The topological polar surface area (TPSA) is 47.0 Å². The Morgan fingerprint density at radius 2 is 2.29 bits per heavy atom. The Morgan fingerprint density at radius 3 is 2.93 bits per heavy atom. The Hall–Kier alpha value is -1.03. The molecule has 0 saturated carbocycles. The van der Waals surface area contributed by atoms with E-state index in [4.69, 9.17) is 16.3 Å². The van der Waals surface area contributed by atoms with Gasteiger partial charge in [0.1, 0.15) is 11.6 Å². The third-order valence-corrected chi connectivity index (χ3v) is 1.70. The molecule has 0 unspecified atom stereocenters. The van der Waals surface area contributed by atoms with E-state index < -0.39 is 0 Å². The first-order chi connectivity index (χ1) is 6.76. The van der Waals surface area contributed by atoms with Crippen molar-refractivity contribution in [3.8, 4) is 5.88 Å². The third kappa shape index (κ3) is 3.38. The minimum atomic E-state index is 0.549. The summed E-state index contributed by atoms with van der Waals surface area (Å²) in [6.45, 7) is 5.03. The molecule has 0 aliphatic rings. The Balaban J connectivity index is 2.73. The Labute approximate surface area is 88.7 Å². The van der Waals surface area contributed by atoms with Crippen LogP contribution in [0.25, 0.3) is 0 Å². The minimum Gasteiger partial charge on any atom is -0.478 e. The van der Waals surface area contributed by atoms with Gasteiger partial charge in [-0.3, -0.25) is 0 Å². The number of nitrogens with one attached hydrogen (secondary N) is 1. The summed E-state index contributed by atoms with van der Waals surface area (Å²) in [5.74, 6) is 2.58. The van der Waals surface area contributed by atoms with Crippen LogP contribution in [0.1, 0.15) is 12.7 Å². The zero-order valence-corrected chi connectivity index (χ0v) is 9.14. The zero-order valence-electron chi connectivity index (χ0n) is 8.38. The molecule has 78 valence electrons. The first-order valence-electron chi connectivity index (χ1n) is 4.54. The molecule has 0 saturated heterocycles. The molecule has 0 fully saturated rings. The molecule has 0 aliphatic carbocycles. The van der Waals surface area contributed by atoms with Gasteiger partial charge in [0.25, 0.3) is 0 Å². The molecule has 0 bridgehead atoms. The van der Waals surface area contributed by atoms with Crippen LogP contribution in [0.3, 0.4) is 0 Å². The van der Waals surface area contributed by atoms with Crippen LogP contribution >= 0.6 is 11.6 Å². The van der Waals surface area contributed by atoms with Crippen LogP contribution in [0.2, 0.25) is 0 Å². The maximum absolute atomic E-state index is 5.56. The van der Waals surface area contributed by atoms with Gasteiger partial charge in [-0.2, -0.15) is 4.98 Å². The second kappa shape index (κ2) is 5.65. The predicted octanol–water partition coefficient (Wildman–Crippen LogP) is 1.83. The van der Waals surface area contributed by atoms with Crippen molar-refractivity contribution in [3.05, 3.63) is 11.9 Å². The third-order valence-electron chi connectivity index (χ3n) is 1.51. The minimum absolute atomic E-state index is 0.549. The molecule has 5 heteroatoms. The fourth-order valence-corrected chi connectivity index (χ4v) is 1.12. The van der Waals surface area contributed by atoms with Crippen molar-refractivity contribution in [2.75, 3.05) is 24.3 Å². The van der Waals surface area contributed by atoms with E-state index in [1.807, 2.05) is 13.8 Å². The van der Waals surface area contributed by atoms with Crippen LogP contribution in [-0.2, 0) is 0 Å². The molecular weight excluding hydrogens is 202 g/mol. The average molecular weight is 216 g/mol. The lowest BCUT2D eigenvalue weighted by Gasteiger charge is -2.07. The number of hydrogen-bond acceptors (Lipinski definition) is 4. The van der Waals surface area contributed by atoms with Gasteiger partial charge in [-0.1, -0.05) is 0 Å². The Kier molecular flexibility index (Phi) is 4.46. The molecule has 1 N–H and O–H groups in total. The smallest absolute Gasteiger partial charge is 0.218 e. The van der Waals surface area contributed by atoms with Crippen molar-refractivity contribution in [3.63, 3.8) is 0 Å². The number of alkyl halides is 1. The van der Waals surface area contributed by atoms with Gasteiger partial charge < -0.3 is 10.1 Å². The van der Waals surface area contributed by atoms with E-state index in [9.17, 15) is 0 Å². The maximum atomic E-state index is 5.56. The van der Waals surface area contributed by atoms with E-state index in [0.717, 1.165) is 5.82 Å². The predicted molar refractivity (Wildman–Crippen MR) is 57.1 cm³/mol. The molecular formula is C9H14ClN3O. The highest BCUT2D eigenvalue weighted by atomic mass is 35.5. The fourth-order valence-electron chi connectivity index (χ4n) is 1.03. The molecule has 0 radical (unpaired) electrons. The van der Waals surface area contributed by atoms with Crippen molar-refractivity contribution in [1.29, 1.82) is 0 Å². The van der Waals surface area contributed by atoms with E-state index >= 15 is 0 Å². The zero-order chi connectivity index (χ0) is 10.4. The summed E-state index contributed by atoms with van der Waals surface area (Å²) in [7, 11) is 0. The molecule has 0 aromatic carbocycles. The number of ether oxygens (including phenoxy) is 1. The van der Waals surface area contributed by atoms with E-state index in [2.05, 4.69) is 15.3 Å². The largest absolute Gasteiger partial charge is 0.478 e. The van der Waals surface area contributed by atoms with Crippen molar-refractivity contribution in [2.24, 2.45) is 0 Å². The lowest BCUT2D eigenvalue weighted by atomic mass is 10.5. The molecule has 0 amide bonds. The normalized spacial score (nSPS) is 9.93. The van der Waals surface area contributed by atoms with Gasteiger partial charge in [0, 0.05) is 18.5 Å². The van der Waals surface area contributed by atoms with Gasteiger partial charge in [0.2, 0.25) is 5.88 Å². The molecule has 0 aliphatic heterocycles. The lowest BCUT2D eigenvalue weighted by Crippen LogP contribution is -2.06. The average Bonchev–Trinajstić information content (AvgIpc) is 2.14. The summed E-state index contributed by atoms with van der Waals surface area (Å²) >= 11 is 5.56. The summed E-state index contributed by atoms with van der Waals surface area (Å²) < 4.78 is 5.28. The Morgan fingerprint density at radius 1 is 1.50 bits per heavy atom. The van der Waals surface area contributed by atoms with E-state index in [0.29, 0.717) is 30.7 Å². The first kappa shape index (κ1) is 11.0. The van der Waals surface area contributed by atoms with Crippen LogP contribution in [-0.4, -0.2) is 29.0 Å². The van der Waals surface area contributed by atoms with Crippen LogP contribution in [0, 0.1) is 6.92 Å². The second-order valence-electron chi connectivity index (χ2n) is 2.69. The SMILES string of the molecule is CCOc1cc(NCCCl)nc(C)n1. The second-order valence-corrected chi connectivity index (χ2v) is 3.07. The number of hydrogen-bond donors (Lipinski definition) is 1. The molecule has 1 aromatic rings. The van der Waals surface area contributed by atoms with Gasteiger partial charge in [-0.25, -0.2) is 4.98 Å². The summed E-state index contributed by atoms with van der Waals surface area (Å²) in [4.78, 5) is 8.32. The van der Waals surface area contributed by atoms with Crippen LogP contribution in [0.5, 0.6) is 5.88 Å². The van der Waals surface area contributed by atoms with Gasteiger partial charge in [-0.15, -0.1) is 11.6 Å². The number of aryl methyl sites for hydroxylation is 1. The number of aromatic nitrogens is 2. The van der Waals surface area contributed by atoms with Crippen molar-refractivity contribution in [2.45, 2.75) is 13.8 Å². The number of halogens is 1. The molecule has 0 atom stereocenters. The van der Waals surface area contributed by atoms with Gasteiger partial charge in [0.05, 0.1) is 6.61 Å². The molecule has 1 rings (SSSR count). The number of rotatable bonds is 5. The monoisotopic (exact) mass is 215 g/mol. The van der Waals surface area contributed by atoms with E-state index in [-0.39, 0.29) is 0 Å². The Bertz CT molecular complexity index is 293. The van der Waals surface area contributed by atoms with Crippen molar-refractivity contribution < 1.29 is 4.74 Å². The van der Waals surface area contributed by atoms with E-state index in [1.54, 1.807) is 6.07 Å². The molecule has 1 aromatic heterocycles. The van der Waals surface area contributed by atoms with Gasteiger partial charge in [0.15, 0.2) is 0 Å². The van der Waals surface area contributed by atoms with Crippen molar-refractivity contribution in [1.82, 2.24) is 9.97 Å². The molecule has 1 heterocycles. The molecule has 14 heavy (non-hydrogen) atoms. The quantitative estimate of drug-likeness (QED) is 0.762. The summed E-state index contributed by atoms with van der Waals surface area (Å²) in [5, 5.41) is 3.07. The standard InChI is InChI=1S/C9H14ClN3O/c1-3-14-9-6-8(11-5-4-10)12-7(2)13-9/h6H,3-5H2,1-2H3,(H,11,12,13). The summed E-state index contributed by atoms with van der Waals surface area (Å²) in [6, 6.07) is 1.77. The van der Waals surface area contributed by atoms with Crippen molar-refractivity contribution >= 4 is 17.4 Å². The lowest BCUT2D eigenvalue weighted by molar-refractivity contribution is 0.325.